The highest BCUT2D eigenvalue weighted by Gasteiger charge is 2.30. The molecular weight excluding hydrogens is 380 g/mol. The second-order valence-electron chi connectivity index (χ2n) is 7.66. The van der Waals surface area contributed by atoms with E-state index in [1.54, 1.807) is 9.80 Å². The van der Waals surface area contributed by atoms with Gasteiger partial charge in [-0.25, -0.2) is 4.79 Å². The molecule has 7 heteroatoms. The third kappa shape index (κ3) is 4.45. The van der Waals surface area contributed by atoms with E-state index < -0.39 is 0 Å². The Morgan fingerprint density at radius 3 is 2.53 bits per heavy atom. The number of carbonyl (C=O) groups is 2. The van der Waals surface area contributed by atoms with Gasteiger partial charge in [0.15, 0.2) is 6.61 Å². The predicted molar refractivity (Wildman–Crippen MR) is 117 cm³/mol. The van der Waals surface area contributed by atoms with Crippen molar-refractivity contribution < 1.29 is 14.4 Å². The third-order valence-corrected chi connectivity index (χ3v) is 5.51. The summed E-state index contributed by atoms with van der Waals surface area (Å²) in [4.78, 5) is 33.9. The van der Waals surface area contributed by atoms with Gasteiger partial charge >= 0.3 is 6.03 Å². The number of para-hydroxylation sites is 2. The Morgan fingerprint density at radius 2 is 1.77 bits per heavy atom. The molecule has 1 fully saturated rings. The van der Waals surface area contributed by atoms with Crippen LogP contribution >= 0.6 is 0 Å². The SMILES string of the molecule is CC1Cc2ccccc2N1C(=O)CON=C1CCN(C(=O)Nc2ccccc2)CC1. The largest absolute Gasteiger partial charge is 0.386 e. The molecule has 2 aliphatic heterocycles. The van der Waals surface area contributed by atoms with Crippen molar-refractivity contribution in [1.29, 1.82) is 0 Å². The number of hydrogen-bond donors (Lipinski definition) is 1. The van der Waals surface area contributed by atoms with Gasteiger partial charge < -0.3 is 20.0 Å². The molecule has 0 radical (unpaired) electrons. The lowest BCUT2D eigenvalue weighted by Crippen LogP contribution is -2.41. The second kappa shape index (κ2) is 8.98. The van der Waals surface area contributed by atoms with E-state index in [-0.39, 0.29) is 24.6 Å². The summed E-state index contributed by atoms with van der Waals surface area (Å²) in [6, 6.07) is 17.4. The number of piperidine rings is 1. The quantitative estimate of drug-likeness (QED) is 0.788. The predicted octanol–water partition coefficient (Wildman–Crippen LogP) is 3.66. The Kier molecular flexibility index (Phi) is 5.97. The molecule has 1 saturated heterocycles. The fourth-order valence-corrected chi connectivity index (χ4v) is 3.98. The number of nitrogens with one attached hydrogen (secondary N) is 1. The molecule has 0 aromatic heterocycles. The van der Waals surface area contributed by atoms with Gasteiger partial charge in [-0.1, -0.05) is 41.6 Å². The molecule has 2 aliphatic rings. The zero-order valence-corrected chi connectivity index (χ0v) is 17.1. The topological polar surface area (TPSA) is 74.2 Å². The van der Waals surface area contributed by atoms with Crippen molar-refractivity contribution in [3.05, 3.63) is 60.2 Å². The van der Waals surface area contributed by atoms with Crippen LogP contribution in [0.5, 0.6) is 0 Å². The van der Waals surface area contributed by atoms with E-state index in [0.29, 0.717) is 25.9 Å². The molecule has 2 heterocycles. The van der Waals surface area contributed by atoms with Gasteiger partial charge in [0.05, 0.1) is 5.71 Å². The summed E-state index contributed by atoms with van der Waals surface area (Å²) in [5, 5.41) is 7.06. The zero-order valence-electron chi connectivity index (χ0n) is 17.1. The number of anilines is 2. The Morgan fingerprint density at radius 1 is 1.07 bits per heavy atom. The lowest BCUT2D eigenvalue weighted by molar-refractivity contribution is -0.123. The van der Waals surface area contributed by atoms with Gasteiger partial charge in [0.1, 0.15) is 0 Å². The fraction of sp³-hybridized carbons (Fsp3) is 0.348. The minimum atomic E-state index is -0.113. The molecule has 2 aromatic rings. The number of oxime groups is 1. The van der Waals surface area contributed by atoms with Crippen LogP contribution in [0.3, 0.4) is 0 Å². The molecule has 0 aliphatic carbocycles. The van der Waals surface area contributed by atoms with E-state index in [2.05, 4.69) is 16.5 Å². The Balaban J connectivity index is 1.24. The maximum Gasteiger partial charge on any atom is 0.321 e. The summed E-state index contributed by atoms with van der Waals surface area (Å²) in [5.41, 5.74) is 3.80. The van der Waals surface area contributed by atoms with Gasteiger partial charge in [-0.15, -0.1) is 0 Å². The van der Waals surface area contributed by atoms with Crippen molar-refractivity contribution >= 4 is 29.0 Å². The van der Waals surface area contributed by atoms with Crippen LogP contribution in [0.25, 0.3) is 0 Å². The highest BCUT2D eigenvalue weighted by molar-refractivity contribution is 5.97. The number of carbonyl (C=O) groups excluding carboxylic acids is 2. The summed E-state index contributed by atoms with van der Waals surface area (Å²) in [6.07, 6.45) is 2.13. The highest BCUT2D eigenvalue weighted by Crippen LogP contribution is 2.31. The van der Waals surface area contributed by atoms with E-state index in [1.165, 1.54) is 5.56 Å². The first-order valence-electron chi connectivity index (χ1n) is 10.3. The fourth-order valence-electron chi connectivity index (χ4n) is 3.98. The molecule has 0 bridgehead atoms. The summed E-state index contributed by atoms with van der Waals surface area (Å²) < 4.78 is 0. The molecule has 1 atom stereocenters. The standard InChI is InChI=1S/C23H26N4O3/c1-17-15-18-7-5-6-10-21(18)27(17)22(28)16-30-25-20-11-13-26(14-12-20)23(29)24-19-8-3-2-4-9-19/h2-10,17H,11-16H2,1H3,(H,24,29). The molecular formula is C23H26N4O3. The lowest BCUT2D eigenvalue weighted by Gasteiger charge is -2.27. The molecule has 2 aromatic carbocycles. The minimum Gasteiger partial charge on any atom is -0.386 e. The maximum absolute atomic E-state index is 12.6. The number of hydrogen-bond acceptors (Lipinski definition) is 4. The van der Waals surface area contributed by atoms with E-state index >= 15 is 0 Å². The van der Waals surface area contributed by atoms with E-state index in [0.717, 1.165) is 23.5 Å². The van der Waals surface area contributed by atoms with Gasteiger partial charge in [0, 0.05) is 43.3 Å². The number of benzene rings is 2. The number of likely N-dealkylation sites (tertiary alicyclic amines) is 1. The summed E-state index contributed by atoms with van der Waals surface area (Å²) in [5.74, 6) is -0.0866. The van der Waals surface area contributed by atoms with Crippen molar-refractivity contribution in [3.63, 3.8) is 0 Å². The van der Waals surface area contributed by atoms with Crippen LogP contribution in [0.15, 0.2) is 59.8 Å². The number of rotatable bonds is 4. The van der Waals surface area contributed by atoms with Crippen molar-refractivity contribution in [3.8, 4) is 0 Å². The number of amides is 3. The van der Waals surface area contributed by atoms with Gasteiger partial charge in [-0.2, -0.15) is 0 Å². The molecule has 0 spiro atoms. The van der Waals surface area contributed by atoms with Crippen molar-refractivity contribution in [1.82, 2.24) is 4.90 Å². The first-order chi connectivity index (χ1) is 14.6. The first-order valence-corrected chi connectivity index (χ1v) is 10.3. The van der Waals surface area contributed by atoms with Gasteiger partial charge in [0.2, 0.25) is 0 Å². The highest BCUT2D eigenvalue weighted by atomic mass is 16.6. The van der Waals surface area contributed by atoms with Crippen molar-refractivity contribution in [2.75, 3.05) is 29.9 Å². The van der Waals surface area contributed by atoms with Crippen LogP contribution < -0.4 is 10.2 Å². The van der Waals surface area contributed by atoms with Crippen LogP contribution in [0, 0.1) is 0 Å². The summed E-state index contributed by atoms with van der Waals surface area (Å²) in [6.45, 7) is 3.11. The Labute approximate surface area is 176 Å². The minimum absolute atomic E-state index is 0.0830. The molecule has 0 saturated carbocycles. The number of fused-ring (bicyclic) bond motifs is 1. The molecule has 3 amide bonds. The van der Waals surface area contributed by atoms with Gasteiger partial charge in [-0.05, 0) is 37.1 Å². The van der Waals surface area contributed by atoms with E-state index in [1.807, 2.05) is 55.5 Å². The molecule has 30 heavy (non-hydrogen) atoms. The average Bonchev–Trinajstić information content (AvgIpc) is 3.10. The number of urea groups is 1. The molecule has 7 nitrogen and oxygen atoms in total. The van der Waals surface area contributed by atoms with Crippen LogP contribution in [-0.2, 0) is 16.1 Å². The van der Waals surface area contributed by atoms with Gasteiger partial charge in [-0.3, -0.25) is 4.79 Å². The molecule has 1 N–H and O–H groups in total. The number of nitrogens with zero attached hydrogens (tertiary/aromatic N) is 3. The average molecular weight is 406 g/mol. The zero-order chi connectivity index (χ0) is 20.9. The second-order valence-corrected chi connectivity index (χ2v) is 7.66. The Hall–Kier alpha value is -3.35. The molecule has 4 rings (SSSR count). The first kappa shape index (κ1) is 19.9. The van der Waals surface area contributed by atoms with E-state index in [4.69, 9.17) is 4.84 Å². The molecule has 156 valence electrons. The Bertz CT molecular complexity index is 934. The summed E-state index contributed by atoms with van der Waals surface area (Å²) in [7, 11) is 0. The normalized spacial score (nSPS) is 18.0. The van der Waals surface area contributed by atoms with Crippen LogP contribution in [0.1, 0.15) is 25.3 Å². The van der Waals surface area contributed by atoms with Crippen LogP contribution in [-0.4, -0.2) is 48.3 Å². The maximum atomic E-state index is 12.6. The van der Waals surface area contributed by atoms with Gasteiger partial charge in [0.25, 0.3) is 5.91 Å². The van der Waals surface area contributed by atoms with Crippen molar-refractivity contribution in [2.45, 2.75) is 32.2 Å². The van der Waals surface area contributed by atoms with Crippen LogP contribution in [0.4, 0.5) is 16.2 Å². The monoisotopic (exact) mass is 406 g/mol. The third-order valence-electron chi connectivity index (χ3n) is 5.51. The van der Waals surface area contributed by atoms with Crippen molar-refractivity contribution in [2.24, 2.45) is 5.16 Å². The van der Waals surface area contributed by atoms with E-state index in [9.17, 15) is 9.59 Å². The summed E-state index contributed by atoms with van der Waals surface area (Å²) >= 11 is 0. The smallest absolute Gasteiger partial charge is 0.321 e. The van der Waals surface area contributed by atoms with Crippen LogP contribution in [0.2, 0.25) is 0 Å². The molecule has 1 unspecified atom stereocenters. The lowest BCUT2D eigenvalue weighted by atomic mass is 10.1.